The number of carbonyl (C=O) groups is 1. The smallest absolute Gasteiger partial charge is 0.136 e. The molecule has 3 heterocycles. The normalized spacial score (nSPS) is 15.9. The molecule has 4 aromatic rings. The van der Waals surface area contributed by atoms with Crippen LogP contribution in [0.5, 0.6) is 0 Å². The van der Waals surface area contributed by atoms with Gasteiger partial charge in [-0.05, 0) is 49.7 Å². The lowest BCUT2D eigenvalue weighted by molar-refractivity contribution is -0.124. The predicted octanol–water partition coefficient (Wildman–Crippen LogP) is 4.47. The highest BCUT2D eigenvalue weighted by atomic mass is 16.1. The first kappa shape index (κ1) is 19.1. The van der Waals surface area contributed by atoms with E-state index in [1.54, 1.807) is 0 Å². The van der Waals surface area contributed by atoms with Crippen LogP contribution in [0.15, 0.2) is 54.7 Å². The number of hydrogen-bond acceptors (Lipinski definition) is 3. The van der Waals surface area contributed by atoms with E-state index in [2.05, 4.69) is 51.0 Å². The number of para-hydroxylation sites is 3. The number of likely N-dealkylation sites (tertiary alicyclic amines) is 1. The van der Waals surface area contributed by atoms with Crippen molar-refractivity contribution in [1.82, 2.24) is 19.4 Å². The molecule has 1 saturated heterocycles. The van der Waals surface area contributed by atoms with Gasteiger partial charge in [0.15, 0.2) is 0 Å². The van der Waals surface area contributed by atoms with Crippen molar-refractivity contribution in [3.63, 3.8) is 0 Å². The van der Waals surface area contributed by atoms with Crippen LogP contribution >= 0.6 is 0 Å². The Labute approximate surface area is 176 Å². The summed E-state index contributed by atoms with van der Waals surface area (Å²) in [5.41, 5.74) is 4.68. The number of carbonyl (C=O) groups excluding carboxylic acids is 1. The molecule has 0 bridgehead atoms. The molecule has 2 aromatic carbocycles. The number of aromatic nitrogens is 3. The van der Waals surface area contributed by atoms with Gasteiger partial charge in [0.25, 0.3) is 0 Å². The maximum Gasteiger partial charge on any atom is 0.136 e. The van der Waals surface area contributed by atoms with Crippen LogP contribution in [0.3, 0.4) is 0 Å². The maximum absolute atomic E-state index is 12.8. The zero-order chi connectivity index (χ0) is 20.5. The van der Waals surface area contributed by atoms with Gasteiger partial charge in [0.1, 0.15) is 11.6 Å². The number of fused-ring (bicyclic) bond motifs is 2. The van der Waals surface area contributed by atoms with Crippen molar-refractivity contribution in [2.75, 3.05) is 13.1 Å². The summed E-state index contributed by atoms with van der Waals surface area (Å²) in [6.07, 6.45) is 5.36. The van der Waals surface area contributed by atoms with E-state index in [9.17, 15) is 4.79 Å². The molecule has 2 aromatic heterocycles. The molecular formula is C25H28N4O. The first-order valence-electron chi connectivity index (χ1n) is 10.9. The Morgan fingerprint density at radius 1 is 1.10 bits per heavy atom. The lowest BCUT2D eigenvalue weighted by Gasteiger charge is -2.31. The summed E-state index contributed by atoms with van der Waals surface area (Å²) >= 11 is 0. The lowest BCUT2D eigenvalue weighted by atomic mass is 9.90. The van der Waals surface area contributed by atoms with Gasteiger partial charge in [-0.15, -0.1) is 0 Å². The Kier molecular flexibility index (Phi) is 5.13. The number of hydrogen-bond donors (Lipinski definition) is 1. The summed E-state index contributed by atoms with van der Waals surface area (Å²) in [7, 11) is 2.04. The Morgan fingerprint density at radius 2 is 1.87 bits per heavy atom. The van der Waals surface area contributed by atoms with Crippen molar-refractivity contribution in [2.45, 2.75) is 32.2 Å². The molecule has 5 rings (SSSR count). The summed E-state index contributed by atoms with van der Waals surface area (Å²) in [5.74, 6) is 1.59. The molecule has 0 atom stereocenters. The van der Waals surface area contributed by atoms with Gasteiger partial charge < -0.3 is 9.55 Å². The molecule has 1 aliphatic heterocycles. The molecule has 0 unspecified atom stereocenters. The quantitative estimate of drug-likeness (QED) is 0.520. The van der Waals surface area contributed by atoms with Crippen LogP contribution in [-0.4, -0.2) is 38.3 Å². The monoisotopic (exact) mass is 400 g/mol. The van der Waals surface area contributed by atoms with Gasteiger partial charge in [-0.1, -0.05) is 30.3 Å². The number of H-pyrrole nitrogens is 1. The molecule has 5 heteroatoms. The van der Waals surface area contributed by atoms with Gasteiger partial charge in [-0.25, -0.2) is 4.98 Å². The van der Waals surface area contributed by atoms with Gasteiger partial charge >= 0.3 is 0 Å². The Morgan fingerprint density at radius 3 is 2.70 bits per heavy atom. The molecule has 0 spiro atoms. The Hall–Kier alpha value is -2.92. The van der Waals surface area contributed by atoms with E-state index < -0.39 is 0 Å². The van der Waals surface area contributed by atoms with Crippen LogP contribution in [0.4, 0.5) is 0 Å². The summed E-state index contributed by atoms with van der Waals surface area (Å²) < 4.78 is 2.12. The largest absolute Gasteiger partial charge is 0.361 e. The van der Waals surface area contributed by atoms with Crippen LogP contribution in [0.1, 0.15) is 30.7 Å². The van der Waals surface area contributed by atoms with Crippen molar-refractivity contribution in [3.8, 4) is 0 Å². The average Bonchev–Trinajstić information content (AvgIpc) is 3.34. The molecule has 154 valence electrons. The zero-order valence-electron chi connectivity index (χ0n) is 17.5. The summed E-state index contributed by atoms with van der Waals surface area (Å²) in [6.45, 7) is 2.93. The van der Waals surface area contributed by atoms with Crippen LogP contribution in [0.2, 0.25) is 0 Å². The molecular weight excluding hydrogens is 372 g/mol. The molecule has 1 fully saturated rings. The highest BCUT2D eigenvalue weighted by molar-refractivity contribution is 5.83. The lowest BCUT2D eigenvalue weighted by Crippen LogP contribution is -2.36. The number of rotatable bonds is 6. The fraction of sp³-hybridized carbons (Fsp3) is 0.360. The van der Waals surface area contributed by atoms with E-state index in [0.29, 0.717) is 12.2 Å². The van der Waals surface area contributed by atoms with E-state index in [4.69, 9.17) is 4.98 Å². The average molecular weight is 401 g/mol. The van der Waals surface area contributed by atoms with Crippen molar-refractivity contribution in [3.05, 3.63) is 66.1 Å². The molecule has 30 heavy (non-hydrogen) atoms. The summed E-state index contributed by atoms with van der Waals surface area (Å²) in [5, 5.41) is 1.30. The molecule has 0 aliphatic carbocycles. The van der Waals surface area contributed by atoms with E-state index in [-0.39, 0.29) is 5.92 Å². The van der Waals surface area contributed by atoms with E-state index >= 15 is 0 Å². The maximum atomic E-state index is 12.8. The highest BCUT2D eigenvalue weighted by Crippen LogP contribution is 2.25. The molecule has 0 saturated carbocycles. The van der Waals surface area contributed by atoms with Gasteiger partial charge in [-0.3, -0.25) is 9.69 Å². The van der Waals surface area contributed by atoms with E-state index in [1.165, 1.54) is 16.5 Å². The number of aryl methyl sites for hydroxylation is 2. The summed E-state index contributed by atoms with van der Waals surface area (Å²) in [4.78, 5) is 23.4. The highest BCUT2D eigenvalue weighted by Gasteiger charge is 2.25. The fourth-order valence-electron chi connectivity index (χ4n) is 4.77. The molecule has 0 amide bonds. The minimum absolute atomic E-state index is 0.193. The Bertz CT molecular complexity index is 1180. The second-order valence-electron chi connectivity index (χ2n) is 8.45. The third-order valence-corrected chi connectivity index (χ3v) is 6.59. The third kappa shape index (κ3) is 3.65. The van der Waals surface area contributed by atoms with Crippen LogP contribution in [0, 0.1) is 5.92 Å². The zero-order valence-corrected chi connectivity index (χ0v) is 17.5. The number of piperidine rings is 1. The number of nitrogens with zero attached hydrogens (tertiary/aromatic N) is 3. The number of ketones is 1. The fourth-order valence-corrected chi connectivity index (χ4v) is 4.77. The minimum atomic E-state index is 0.193. The summed E-state index contributed by atoms with van der Waals surface area (Å²) in [6, 6.07) is 16.6. The number of nitrogens with one attached hydrogen (secondary N) is 1. The predicted molar refractivity (Wildman–Crippen MR) is 120 cm³/mol. The molecule has 5 nitrogen and oxygen atoms in total. The van der Waals surface area contributed by atoms with Crippen molar-refractivity contribution < 1.29 is 4.79 Å². The first-order valence-corrected chi connectivity index (χ1v) is 10.9. The first-order chi connectivity index (χ1) is 14.7. The molecule has 1 aliphatic rings. The van der Waals surface area contributed by atoms with Crippen molar-refractivity contribution >= 4 is 27.7 Å². The molecule has 1 N–H and O–H groups in total. The number of aromatic amines is 1. The van der Waals surface area contributed by atoms with E-state index in [0.717, 1.165) is 55.8 Å². The third-order valence-electron chi connectivity index (χ3n) is 6.59. The topological polar surface area (TPSA) is 53.9 Å². The number of benzene rings is 2. The van der Waals surface area contributed by atoms with Gasteiger partial charge in [0.2, 0.25) is 0 Å². The van der Waals surface area contributed by atoms with Crippen LogP contribution < -0.4 is 0 Å². The van der Waals surface area contributed by atoms with Gasteiger partial charge in [0.05, 0.1) is 11.0 Å². The second-order valence-corrected chi connectivity index (χ2v) is 8.45. The standard InChI is InChI=1S/C25H28N4O/c1-28-23-9-5-4-8-22(23)27-25(28)11-10-24(30)18-12-14-29(15-13-18)17-19-16-26-21-7-3-2-6-20(19)21/h2-9,16,18,26H,10-15,17H2,1H3. The van der Waals surface area contributed by atoms with Crippen molar-refractivity contribution in [1.29, 1.82) is 0 Å². The SMILES string of the molecule is Cn1c(CCC(=O)C2CCN(Cc3c[nH]c4ccccc34)CC2)nc2ccccc21. The second kappa shape index (κ2) is 8.07. The van der Waals surface area contributed by atoms with Crippen LogP contribution in [-0.2, 0) is 24.8 Å². The molecule has 0 radical (unpaired) electrons. The number of imidazole rings is 1. The van der Waals surface area contributed by atoms with Gasteiger partial charge in [0, 0.05) is 49.5 Å². The number of Topliss-reactive ketones (excluding diaryl/α,β-unsaturated/α-hetero) is 1. The minimum Gasteiger partial charge on any atom is -0.361 e. The van der Waals surface area contributed by atoms with Crippen LogP contribution in [0.25, 0.3) is 21.9 Å². The van der Waals surface area contributed by atoms with Crippen molar-refractivity contribution in [2.24, 2.45) is 13.0 Å². The van der Waals surface area contributed by atoms with E-state index in [1.807, 2.05) is 25.2 Å². The Balaban J connectivity index is 1.15. The van der Waals surface area contributed by atoms with Gasteiger partial charge in [-0.2, -0.15) is 0 Å².